The summed E-state index contributed by atoms with van der Waals surface area (Å²) < 4.78 is 7.36. The van der Waals surface area contributed by atoms with Gasteiger partial charge in [0.2, 0.25) is 0 Å². The van der Waals surface area contributed by atoms with Crippen LogP contribution in [0.5, 0.6) is 5.75 Å². The molecule has 0 bridgehead atoms. The minimum absolute atomic E-state index is 0.0825. The summed E-state index contributed by atoms with van der Waals surface area (Å²) in [4.78, 5) is 11.7. The van der Waals surface area contributed by atoms with Crippen LogP contribution in [-0.4, -0.2) is 11.2 Å². The highest BCUT2D eigenvalue weighted by molar-refractivity contribution is 6.30. The number of pyridine rings is 1. The van der Waals surface area contributed by atoms with Crippen LogP contribution < -0.4 is 10.3 Å². The maximum Gasteiger partial charge on any atom is 0.250 e. The third-order valence-electron chi connectivity index (χ3n) is 3.29. The Balaban J connectivity index is 1.75. The molecule has 0 aliphatic carbocycles. The highest BCUT2D eigenvalue weighted by Gasteiger charge is 2.02. The molecule has 3 aromatic rings. The summed E-state index contributed by atoms with van der Waals surface area (Å²) in [7, 11) is 0. The van der Waals surface area contributed by atoms with Crippen molar-refractivity contribution in [1.29, 1.82) is 0 Å². The van der Waals surface area contributed by atoms with Crippen LogP contribution in [-0.2, 0) is 6.54 Å². The standard InChI is InChI=1S/C17H14ClNO2/c18-14-8-9-17(20)19(12-14)10-11-21-16-7-3-5-13-4-1-2-6-15(13)16/h1-9,12H,10-11H2. The van der Waals surface area contributed by atoms with Crippen molar-refractivity contribution >= 4 is 22.4 Å². The lowest BCUT2D eigenvalue weighted by Gasteiger charge is -2.10. The van der Waals surface area contributed by atoms with Crippen molar-refractivity contribution < 1.29 is 4.74 Å². The molecular weight excluding hydrogens is 286 g/mol. The molecule has 0 fully saturated rings. The molecule has 0 saturated carbocycles. The maximum absolute atomic E-state index is 11.7. The summed E-state index contributed by atoms with van der Waals surface area (Å²) in [6.45, 7) is 0.872. The summed E-state index contributed by atoms with van der Waals surface area (Å²) in [5.74, 6) is 0.822. The predicted octanol–water partition coefficient (Wildman–Crippen LogP) is 3.73. The van der Waals surface area contributed by atoms with E-state index in [1.165, 1.54) is 6.07 Å². The summed E-state index contributed by atoms with van der Waals surface area (Å²) in [5.41, 5.74) is -0.0825. The molecule has 1 aromatic heterocycles. The molecule has 0 aliphatic rings. The maximum atomic E-state index is 11.7. The molecule has 0 aliphatic heterocycles. The Morgan fingerprint density at radius 1 is 1.00 bits per heavy atom. The van der Waals surface area contributed by atoms with Crippen molar-refractivity contribution in [1.82, 2.24) is 4.57 Å². The molecular formula is C17H14ClNO2. The van der Waals surface area contributed by atoms with Crippen molar-refractivity contribution in [2.75, 3.05) is 6.61 Å². The third kappa shape index (κ3) is 3.09. The number of benzene rings is 2. The molecule has 0 amide bonds. The van der Waals surface area contributed by atoms with Crippen LogP contribution >= 0.6 is 11.6 Å². The van der Waals surface area contributed by atoms with Crippen molar-refractivity contribution in [3.05, 3.63) is 76.2 Å². The van der Waals surface area contributed by atoms with E-state index < -0.39 is 0 Å². The topological polar surface area (TPSA) is 31.2 Å². The van der Waals surface area contributed by atoms with Gasteiger partial charge in [-0.3, -0.25) is 4.79 Å². The zero-order valence-electron chi connectivity index (χ0n) is 11.3. The molecule has 1 heterocycles. The normalized spacial score (nSPS) is 10.7. The molecule has 0 saturated heterocycles. The molecule has 0 atom stereocenters. The van der Waals surface area contributed by atoms with Crippen molar-refractivity contribution in [2.24, 2.45) is 0 Å². The number of nitrogens with zero attached hydrogens (tertiary/aromatic N) is 1. The quantitative estimate of drug-likeness (QED) is 0.735. The monoisotopic (exact) mass is 299 g/mol. The minimum Gasteiger partial charge on any atom is -0.491 e. The Morgan fingerprint density at radius 3 is 2.71 bits per heavy atom. The smallest absolute Gasteiger partial charge is 0.250 e. The Morgan fingerprint density at radius 2 is 1.81 bits per heavy atom. The van der Waals surface area contributed by atoms with E-state index in [1.54, 1.807) is 16.8 Å². The Labute approximate surface area is 127 Å². The summed E-state index contributed by atoms with van der Waals surface area (Å²) >= 11 is 5.89. The van der Waals surface area contributed by atoms with Gasteiger partial charge in [-0.15, -0.1) is 0 Å². The van der Waals surface area contributed by atoms with E-state index in [9.17, 15) is 4.79 Å². The average Bonchev–Trinajstić information content (AvgIpc) is 2.51. The first kappa shape index (κ1) is 13.7. The summed E-state index contributed by atoms with van der Waals surface area (Å²) in [6, 6.07) is 17.0. The van der Waals surface area contributed by atoms with Gasteiger partial charge in [-0.2, -0.15) is 0 Å². The number of ether oxygens (including phenoxy) is 1. The van der Waals surface area contributed by atoms with Crippen LogP contribution in [0.15, 0.2) is 65.6 Å². The van der Waals surface area contributed by atoms with Gasteiger partial charge in [0.05, 0.1) is 11.6 Å². The number of halogens is 1. The molecule has 106 valence electrons. The van der Waals surface area contributed by atoms with Crippen molar-refractivity contribution in [3.63, 3.8) is 0 Å². The van der Waals surface area contributed by atoms with E-state index in [4.69, 9.17) is 16.3 Å². The van der Waals surface area contributed by atoms with Gasteiger partial charge in [0.15, 0.2) is 0 Å². The van der Waals surface area contributed by atoms with E-state index in [-0.39, 0.29) is 5.56 Å². The van der Waals surface area contributed by atoms with E-state index >= 15 is 0 Å². The molecule has 4 heteroatoms. The second kappa shape index (κ2) is 6.02. The SMILES string of the molecule is O=c1ccc(Cl)cn1CCOc1cccc2ccccc12. The number of fused-ring (bicyclic) bond motifs is 1. The molecule has 0 N–H and O–H groups in total. The minimum atomic E-state index is -0.0825. The molecule has 0 radical (unpaired) electrons. The average molecular weight is 300 g/mol. The fourth-order valence-corrected chi connectivity index (χ4v) is 2.43. The first-order valence-corrected chi connectivity index (χ1v) is 7.08. The van der Waals surface area contributed by atoms with Gasteiger partial charge in [-0.05, 0) is 17.5 Å². The second-order valence-electron chi connectivity index (χ2n) is 4.70. The van der Waals surface area contributed by atoms with Gasteiger partial charge in [-0.25, -0.2) is 0 Å². The number of hydrogen-bond acceptors (Lipinski definition) is 2. The van der Waals surface area contributed by atoms with Crippen LogP contribution in [0.2, 0.25) is 5.02 Å². The lowest BCUT2D eigenvalue weighted by Crippen LogP contribution is -2.21. The molecule has 2 aromatic carbocycles. The van der Waals surface area contributed by atoms with Crippen LogP contribution in [0.25, 0.3) is 10.8 Å². The lowest BCUT2D eigenvalue weighted by atomic mass is 10.1. The van der Waals surface area contributed by atoms with Gasteiger partial charge >= 0.3 is 0 Å². The fraction of sp³-hybridized carbons (Fsp3) is 0.118. The Kier molecular flexibility index (Phi) is 3.93. The van der Waals surface area contributed by atoms with Crippen molar-refractivity contribution in [3.8, 4) is 5.75 Å². The highest BCUT2D eigenvalue weighted by atomic mass is 35.5. The first-order chi connectivity index (χ1) is 10.2. The van der Waals surface area contributed by atoms with Gasteiger partial charge in [0.1, 0.15) is 12.4 Å². The van der Waals surface area contributed by atoms with Crippen LogP contribution in [0.3, 0.4) is 0 Å². The summed E-state index contributed by atoms with van der Waals surface area (Å²) in [5, 5.41) is 2.74. The van der Waals surface area contributed by atoms with Crippen molar-refractivity contribution in [2.45, 2.75) is 6.54 Å². The van der Waals surface area contributed by atoms with E-state index in [2.05, 4.69) is 0 Å². The van der Waals surface area contributed by atoms with E-state index in [1.807, 2.05) is 42.5 Å². The third-order valence-corrected chi connectivity index (χ3v) is 3.51. The fourth-order valence-electron chi connectivity index (χ4n) is 2.25. The molecule has 0 spiro atoms. The van der Waals surface area contributed by atoms with E-state index in [0.717, 1.165) is 16.5 Å². The second-order valence-corrected chi connectivity index (χ2v) is 5.14. The number of rotatable bonds is 4. The van der Waals surface area contributed by atoms with Gasteiger partial charge in [-0.1, -0.05) is 48.0 Å². The first-order valence-electron chi connectivity index (χ1n) is 6.70. The molecule has 3 rings (SSSR count). The Hall–Kier alpha value is -2.26. The summed E-state index contributed by atoms with van der Waals surface area (Å²) in [6.07, 6.45) is 1.62. The van der Waals surface area contributed by atoms with Crippen LogP contribution in [0.1, 0.15) is 0 Å². The lowest BCUT2D eigenvalue weighted by molar-refractivity contribution is 0.299. The molecule has 0 unspecified atom stereocenters. The molecule has 21 heavy (non-hydrogen) atoms. The number of aromatic nitrogens is 1. The van der Waals surface area contributed by atoms with Gasteiger partial charge in [0.25, 0.3) is 5.56 Å². The van der Waals surface area contributed by atoms with Gasteiger partial charge in [0, 0.05) is 17.6 Å². The van der Waals surface area contributed by atoms with Crippen LogP contribution in [0.4, 0.5) is 0 Å². The zero-order valence-corrected chi connectivity index (χ0v) is 12.1. The largest absolute Gasteiger partial charge is 0.491 e. The predicted molar refractivity (Wildman–Crippen MR) is 85.2 cm³/mol. The number of hydrogen-bond donors (Lipinski definition) is 0. The molecule has 3 nitrogen and oxygen atoms in total. The zero-order chi connectivity index (χ0) is 14.7. The van der Waals surface area contributed by atoms with Crippen LogP contribution in [0, 0.1) is 0 Å². The van der Waals surface area contributed by atoms with Gasteiger partial charge < -0.3 is 9.30 Å². The Bertz CT molecular complexity index is 821. The van der Waals surface area contributed by atoms with E-state index in [0.29, 0.717) is 18.2 Å². The highest BCUT2D eigenvalue weighted by Crippen LogP contribution is 2.24.